The molecule has 2 aromatic rings. The topological polar surface area (TPSA) is 33.2 Å². The average Bonchev–Trinajstić information content (AvgIpc) is 3.23. The lowest BCUT2D eigenvalue weighted by atomic mass is 10.1. The van der Waals surface area contributed by atoms with E-state index in [1.54, 1.807) is 0 Å². The molecule has 4 heteroatoms. The van der Waals surface area contributed by atoms with Crippen molar-refractivity contribution >= 4 is 17.5 Å². The van der Waals surface area contributed by atoms with Crippen molar-refractivity contribution < 1.29 is 4.79 Å². The first kappa shape index (κ1) is 14.7. The molecule has 1 aromatic heterocycles. The van der Waals surface area contributed by atoms with Crippen molar-refractivity contribution in [2.45, 2.75) is 31.2 Å². The molecular weight excluding hydrogens is 308 g/mol. The zero-order valence-electron chi connectivity index (χ0n) is 12.9. The number of likely N-dealkylation sites (tertiary alicyclic amines) is 1. The lowest BCUT2D eigenvalue weighted by Crippen LogP contribution is -2.32. The molecule has 1 aliphatic heterocycles. The number of hydrogen-bond acceptors (Lipinski definition) is 2. The Kier molecular flexibility index (Phi) is 3.82. The van der Waals surface area contributed by atoms with Crippen LogP contribution in [0, 0.1) is 5.92 Å². The first-order chi connectivity index (χ1) is 11.2. The van der Waals surface area contributed by atoms with Crippen LogP contribution in [0.3, 0.4) is 0 Å². The number of hydrogen-bond donors (Lipinski definition) is 0. The van der Waals surface area contributed by atoms with E-state index in [1.807, 2.05) is 42.7 Å². The maximum Gasteiger partial charge on any atom is 0.226 e. The first-order valence-electron chi connectivity index (χ1n) is 8.20. The lowest BCUT2D eigenvalue weighted by Gasteiger charge is -2.25. The van der Waals surface area contributed by atoms with Gasteiger partial charge in [0.1, 0.15) is 0 Å². The number of aromatic nitrogens is 1. The predicted octanol–water partition coefficient (Wildman–Crippen LogP) is 4.20. The third kappa shape index (κ3) is 2.86. The Morgan fingerprint density at radius 2 is 2.00 bits per heavy atom. The van der Waals surface area contributed by atoms with Crippen LogP contribution in [0.5, 0.6) is 0 Å². The number of benzene rings is 1. The van der Waals surface area contributed by atoms with Gasteiger partial charge < -0.3 is 4.90 Å². The molecule has 2 aliphatic rings. The molecule has 1 aliphatic carbocycles. The van der Waals surface area contributed by atoms with E-state index in [9.17, 15) is 4.79 Å². The van der Waals surface area contributed by atoms with Gasteiger partial charge in [-0.25, -0.2) is 0 Å². The Labute approximate surface area is 141 Å². The van der Waals surface area contributed by atoms with E-state index in [-0.39, 0.29) is 12.0 Å². The molecule has 0 unspecified atom stereocenters. The number of rotatable bonds is 3. The third-order valence-electron chi connectivity index (χ3n) is 5.01. The quantitative estimate of drug-likeness (QED) is 0.846. The zero-order chi connectivity index (χ0) is 15.8. The second-order valence-corrected chi connectivity index (χ2v) is 6.91. The van der Waals surface area contributed by atoms with E-state index in [0.29, 0.717) is 11.8 Å². The molecule has 1 saturated heterocycles. The van der Waals surface area contributed by atoms with Crippen molar-refractivity contribution in [2.75, 3.05) is 6.54 Å². The van der Waals surface area contributed by atoms with Crippen LogP contribution < -0.4 is 0 Å². The highest BCUT2D eigenvalue weighted by molar-refractivity contribution is 6.30. The molecule has 0 N–H and O–H groups in total. The summed E-state index contributed by atoms with van der Waals surface area (Å²) in [6.45, 7) is 0.866. The molecule has 118 valence electrons. The number of carbonyl (C=O) groups is 1. The minimum atomic E-state index is 0.121. The van der Waals surface area contributed by atoms with Gasteiger partial charge in [0.25, 0.3) is 0 Å². The molecule has 23 heavy (non-hydrogen) atoms. The minimum Gasteiger partial charge on any atom is -0.335 e. The van der Waals surface area contributed by atoms with Crippen LogP contribution in [0.15, 0.2) is 48.8 Å². The molecule has 2 heterocycles. The highest BCUT2D eigenvalue weighted by Crippen LogP contribution is 2.50. The van der Waals surface area contributed by atoms with Gasteiger partial charge in [-0.05, 0) is 60.6 Å². The van der Waals surface area contributed by atoms with E-state index >= 15 is 0 Å². The summed E-state index contributed by atoms with van der Waals surface area (Å²) in [4.78, 5) is 19.1. The zero-order valence-corrected chi connectivity index (χ0v) is 13.6. The van der Waals surface area contributed by atoms with Gasteiger partial charge in [0.05, 0.1) is 6.04 Å². The summed E-state index contributed by atoms with van der Waals surface area (Å²) in [6.07, 6.45) is 6.68. The standard InChI is InChI=1S/C19H19ClN2O/c20-15-4-1-3-14(11-15)16-12-17(16)19(23)22-10-2-5-18(22)13-6-8-21-9-7-13/h1,3-4,6-9,11,16-18H,2,5,10,12H2/t16-,17-,18+/m1/s1. The fourth-order valence-corrected chi connectivity index (χ4v) is 3.95. The van der Waals surface area contributed by atoms with Crippen molar-refractivity contribution in [2.24, 2.45) is 5.92 Å². The Morgan fingerprint density at radius 3 is 2.78 bits per heavy atom. The molecule has 1 amide bonds. The second-order valence-electron chi connectivity index (χ2n) is 6.47. The first-order valence-corrected chi connectivity index (χ1v) is 8.57. The van der Waals surface area contributed by atoms with Crippen LogP contribution in [0.25, 0.3) is 0 Å². The van der Waals surface area contributed by atoms with Crippen molar-refractivity contribution in [3.63, 3.8) is 0 Å². The smallest absolute Gasteiger partial charge is 0.226 e. The Hall–Kier alpha value is -1.87. The summed E-state index contributed by atoms with van der Waals surface area (Å²) in [5.74, 6) is 0.755. The van der Waals surface area contributed by atoms with Crippen LogP contribution >= 0.6 is 11.6 Å². The van der Waals surface area contributed by atoms with Crippen LogP contribution in [-0.4, -0.2) is 22.3 Å². The van der Waals surface area contributed by atoms with Crippen molar-refractivity contribution in [3.8, 4) is 0 Å². The number of amides is 1. The minimum absolute atomic E-state index is 0.121. The van der Waals surface area contributed by atoms with E-state index < -0.39 is 0 Å². The summed E-state index contributed by atoms with van der Waals surface area (Å²) >= 11 is 6.07. The summed E-state index contributed by atoms with van der Waals surface area (Å²) in [6, 6.07) is 12.2. The van der Waals surface area contributed by atoms with E-state index in [4.69, 9.17) is 11.6 Å². The van der Waals surface area contributed by atoms with Gasteiger partial charge in [0.2, 0.25) is 5.91 Å². The molecule has 3 nitrogen and oxygen atoms in total. The van der Waals surface area contributed by atoms with E-state index in [0.717, 1.165) is 30.8 Å². The van der Waals surface area contributed by atoms with Crippen LogP contribution in [0.4, 0.5) is 0 Å². The fraction of sp³-hybridized carbons (Fsp3) is 0.368. The van der Waals surface area contributed by atoms with Gasteiger partial charge in [0, 0.05) is 29.9 Å². The number of halogens is 1. The maximum absolute atomic E-state index is 12.9. The SMILES string of the molecule is O=C([C@@H]1C[C@@H]1c1cccc(Cl)c1)N1CCC[C@H]1c1ccncc1. The van der Waals surface area contributed by atoms with E-state index in [2.05, 4.69) is 16.0 Å². The van der Waals surface area contributed by atoms with E-state index in [1.165, 1.54) is 11.1 Å². The fourth-order valence-electron chi connectivity index (χ4n) is 3.75. The summed E-state index contributed by atoms with van der Waals surface area (Å²) in [5, 5.41) is 0.747. The number of carbonyl (C=O) groups excluding carboxylic acids is 1. The normalized spacial score (nSPS) is 26.3. The van der Waals surface area contributed by atoms with Crippen molar-refractivity contribution in [1.82, 2.24) is 9.88 Å². The largest absolute Gasteiger partial charge is 0.335 e. The highest BCUT2D eigenvalue weighted by Gasteiger charge is 2.47. The third-order valence-corrected chi connectivity index (χ3v) is 5.25. The summed E-state index contributed by atoms with van der Waals surface area (Å²) < 4.78 is 0. The second kappa shape index (κ2) is 5.97. The molecule has 0 bridgehead atoms. The van der Waals surface area contributed by atoms with Gasteiger partial charge in [-0.2, -0.15) is 0 Å². The summed E-state index contributed by atoms with van der Waals surface area (Å²) in [5.41, 5.74) is 2.39. The molecular formula is C19H19ClN2O. The molecule has 0 radical (unpaired) electrons. The monoisotopic (exact) mass is 326 g/mol. The number of nitrogens with zero attached hydrogens (tertiary/aromatic N) is 2. The summed E-state index contributed by atoms with van der Waals surface area (Å²) in [7, 11) is 0. The molecule has 1 saturated carbocycles. The van der Waals surface area contributed by atoms with Gasteiger partial charge in [-0.3, -0.25) is 9.78 Å². The Morgan fingerprint density at radius 1 is 1.17 bits per heavy atom. The lowest BCUT2D eigenvalue weighted by molar-refractivity contribution is -0.133. The number of pyridine rings is 1. The highest BCUT2D eigenvalue weighted by atomic mass is 35.5. The van der Waals surface area contributed by atoms with Crippen LogP contribution in [-0.2, 0) is 4.79 Å². The van der Waals surface area contributed by atoms with Gasteiger partial charge in [-0.15, -0.1) is 0 Å². The Balaban J connectivity index is 1.49. The van der Waals surface area contributed by atoms with Crippen molar-refractivity contribution in [1.29, 1.82) is 0 Å². The molecule has 1 aromatic carbocycles. The molecule has 2 fully saturated rings. The molecule has 0 spiro atoms. The van der Waals surface area contributed by atoms with Crippen LogP contribution in [0.2, 0.25) is 5.02 Å². The van der Waals surface area contributed by atoms with Gasteiger partial charge >= 0.3 is 0 Å². The Bertz CT molecular complexity index is 718. The maximum atomic E-state index is 12.9. The molecule has 3 atom stereocenters. The van der Waals surface area contributed by atoms with Gasteiger partial charge in [0.15, 0.2) is 0 Å². The van der Waals surface area contributed by atoms with Gasteiger partial charge in [-0.1, -0.05) is 23.7 Å². The van der Waals surface area contributed by atoms with Crippen LogP contribution in [0.1, 0.15) is 42.3 Å². The predicted molar refractivity (Wildman–Crippen MR) is 90.2 cm³/mol. The van der Waals surface area contributed by atoms with Crippen molar-refractivity contribution in [3.05, 3.63) is 64.9 Å². The molecule has 4 rings (SSSR count). The average molecular weight is 327 g/mol.